The number of hydrogen-bond acceptors (Lipinski definition) is 6. The molecule has 0 radical (unpaired) electrons. The van der Waals surface area contributed by atoms with Crippen molar-refractivity contribution in [2.24, 2.45) is 23.7 Å². The number of hydrogen-bond donors (Lipinski definition) is 0. The van der Waals surface area contributed by atoms with Crippen LogP contribution in [-0.4, -0.2) is 56.4 Å². The lowest BCUT2D eigenvalue weighted by Crippen LogP contribution is -2.18. The number of nitrogens with zero attached hydrogens (tertiary/aromatic N) is 6. The van der Waals surface area contributed by atoms with E-state index in [2.05, 4.69) is 55.2 Å². The minimum Gasteiger partial charge on any atom is -0.380 e. The maximum Gasteiger partial charge on any atom is 0.0829 e. The van der Waals surface area contributed by atoms with Gasteiger partial charge in [0.25, 0.3) is 0 Å². The fourth-order valence-corrected chi connectivity index (χ4v) is 4.13. The highest BCUT2D eigenvalue weighted by molar-refractivity contribution is 4.93. The Morgan fingerprint density at radius 2 is 1.32 bits per heavy atom. The molecule has 0 unspecified atom stereocenters. The van der Waals surface area contributed by atoms with Crippen LogP contribution in [0.2, 0.25) is 0 Å². The molecule has 8 heteroatoms. The van der Waals surface area contributed by atoms with Crippen molar-refractivity contribution in [3.8, 4) is 0 Å². The van der Waals surface area contributed by atoms with E-state index in [4.69, 9.17) is 9.47 Å². The zero-order chi connectivity index (χ0) is 24.8. The zero-order valence-electron chi connectivity index (χ0n) is 22.4. The van der Waals surface area contributed by atoms with Gasteiger partial charge in [0.05, 0.1) is 37.7 Å². The first-order valence-corrected chi connectivity index (χ1v) is 13.3. The van der Waals surface area contributed by atoms with Gasteiger partial charge in [0, 0.05) is 25.6 Å². The highest BCUT2D eigenvalue weighted by atomic mass is 16.5. The summed E-state index contributed by atoms with van der Waals surface area (Å²) < 4.78 is 14.8. The molecule has 2 aromatic rings. The summed E-state index contributed by atoms with van der Waals surface area (Å²) in [6.45, 7) is 17.8. The van der Waals surface area contributed by atoms with Crippen LogP contribution >= 0.6 is 0 Å². The molecular formula is C26H48N6O2. The summed E-state index contributed by atoms with van der Waals surface area (Å²) in [4.78, 5) is 0. The Kier molecular flexibility index (Phi) is 13.4. The SMILES string of the molecule is CC(C)Cc1cn(CCOCC2CCC(C)CC2)nn1.CCOCCn1cc(CC(C)C)nn1. The lowest BCUT2D eigenvalue weighted by Gasteiger charge is -2.25. The molecule has 1 aliphatic rings. The molecule has 3 rings (SSSR count). The van der Waals surface area contributed by atoms with Gasteiger partial charge in [-0.1, -0.05) is 57.9 Å². The van der Waals surface area contributed by atoms with Gasteiger partial charge >= 0.3 is 0 Å². The van der Waals surface area contributed by atoms with Crippen LogP contribution in [0.3, 0.4) is 0 Å². The van der Waals surface area contributed by atoms with Crippen LogP contribution < -0.4 is 0 Å². The summed E-state index contributed by atoms with van der Waals surface area (Å²) in [5.74, 6) is 2.95. The molecule has 34 heavy (non-hydrogen) atoms. The summed E-state index contributed by atoms with van der Waals surface area (Å²) in [7, 11) is 0. The van der Waals surface area contributed by atoms with E-state index < -0.39 is 0 Å². The largest absolute Gasteiger partial charge is 0.380 e. The van der Waals surface area contributed by atoms with Crippen molar-refractivity contribution in [2.45, 2.75) is 93.2 Å². The van der Waals surface area contributed by atoms with Crippen LogP contribution in [-0.2, 0) is 35.4 Å². The Bertz CT molecular complexity index is 765. The van der Waals surface area contributed by atoms with Gasteiger partial charge in [0.2, 0.25) is 0 Å². The van der Waals surface area contributed by atoms with Gasteiger partial charge in [0.15, 0.2) is 0 Å². The molecule has 0 aliphatic heterocycles. The molecule has 194 valence electrons. The summed E-state index contributed by atoms with van der Waals surface area (Å²) in [5, 5.41) is 16.5. The molecule has 2 heterocycles. The molecule has 2 aromatic heterocycles. The summed E-state index contributed by atoms with van der Waals surface area (Å²) >= 11 is 0. The smallest absolute Gasteiger partial charge is 0.0829 e. The van der Waals surface area contributed by atoms with E-state index in [0.29, 0.717) is 18.4 Å². The molecule has 1 aliphatic carbocycles. The van der Waals surface area contributed by atoms with Crippen LogP contribution in [0.1, 0.15) is 78.6 Å². The van der Waals surface area contributed by atoms with E-state index in [-0.39, 0.29) is 0 Å². The highest BCUT2D eigenvalue weighted by Crippen LogP contribution is 2.28. The van der Waals surface area contributed by atoms with E-state index in [0.717, 1.165) is 69.0 Å². The minimum atomic E-state index is 0.630. The van der Waals surface area contributed by atoms with Gasteiger partial charge in [-0.3, -0.25) is 0 Å². The topological polar surface area (TPSA) is 79.9 Å². The highest BCUT2D eigenvalue weighted by Gasteiger charge is 2.18. The van der Waals surface area contributed by atoms with E-state index >= 15 is 0 Å². The summed E-state index contributed by atoms with van der Waals surface area (Å²) in [6, 6.07) is 0. The van der Waals surface area contributed by atoms with Crippen molar-refractivity contribution in [1.29, 1.82) is 0 Å². The Morgan fingerprint density at radius 1 is 0.824 bits per heavy atom. The third-order valence-electron chi connectivity index (χ3n) is 6.03. The molecule has 0 N–H and O–H groups in total. The Hall–Kier alpha value is -1.80. The second-order valence-corrected chi connectivity index (χ2v) is 10.5. The quantitative estimate of drug-likeness (QED) is 0.385. The summed E-state index contributed by atoms with van der Waals surface area (Å²) in [5.41, 5.74) is 2.15. The van der Waals surface area contributed by atoms with Gasteiger partial charge in [-0.05, 0) is 56.3 Å². The molecule has 1 saturated carbocycles. The zero-order valence-corrected chi connectivity index (χ0v) is 22.4. The third kappa shape index (κ3) is 12.1. The Labute approximate surface area is 206 Å². The normalized spacial score (nSPS) is 18.4. The second kappa shape index (κ2) is 16.0. The van der Waals surface area contributed by atoms with E-state index in [1.165, 1.54) is 25.7 Å². The molecule has 0 bridgehead atoms. The van der Waals surface area contributed by atoms with Crippen molar-refractivity contribution in [2.75, 3.05) is 26.4 Å². The first-order valence-electron chi connectivity index (χ1n) is 13.3. The van der Waals surface area contributed by atoms with Crippen LogP contribution in [0.15, 0.2) is 12.4 Å². The lowest BCUT2D eigenvalue weighted by molar-refractivity contribution is 0.0724. The summed E-state index contributed by atoms with van der Waals surface area (Å²) in [6.07, 6.45) is 11.5. The predicted octanol–water partition coefficient (Wildman–Crippen LogP) is 4.83. The Balaban J connectivity index is 0.000000257. The molecule has 0 atom stereocenters. The maximum absolute atomic E-state index is 5.81. The average molecular weight is 477 g/mol. The van der Waals surface area contributed by atoms with Crippen molar-refractivity contribution >= 4 is 0 Å². The number of ether oxygens (including phenoxy) is 2. The van der Waals surface area contributed by atoms with Gasteiger partial charge < -0.3 is 9.47 Å². The van der Waals surface area contributed by atoms with Crippen molar-refractivity contribution in [1.82, 2.24) is 30.0 Å². The second-order valence-electron chi connectivity index (χ2n) is 10.5. The molecule has 0 amide bonds. The number of aromatic nitrogens is 6. The van der Waals surface area contributed by atoms with Gasteiger partial charge in [-0.15, -0.1) is 10.2 Å². The molecular weight excluding hydrogens is 428 g/mol. The standard InChI is InChI=1S/C16H29N3O.C10H19N3O/c1-13(2)10-16-11-19(18-17-16)8-9-20-12-15-6-4-14(3)5-7-15;1-4-14-6-5-13-8-10(11-12-13)7-9(2)3/h11,13-15H,4-10,12H2,1-3H3;8-9H,4-7H2,1-3H3. The molecule has 1 fully saturated rings. The first-order chi connectivity index (χ1) is 16.4. The van der Waals surface area contributed by atoms with Crippen molar-refractivity contribution in [3.05, 3.63) is 23.8 Å². The monoisotopic (exact) mass is 476 g/mol. The predicted molar refractivity (Wildman–Crippen MR) is 136 cm³/mol. The minimum absolute atomic E-state index is 0.630. The fourth-order valence-electron chi connectivity index (χ4n) is 4.13. The van der Waals surface area contributed by atoms with Gasteiger partial charge in [-0.2, -0.15) is 0 Å². The molecule has 0 spiro atoms. The maximum atomic E-state index is 5.81. The van der Waals surface area contributed by atoms with Crippen LogP contribution in [0.4, 0.5) is 0 Å². The third-order valence-corrected chi connectivity index (χ3v) is 6.03. The molecule has 0 aromatic carbocycles. The average Bonchev–Trinajstić information content (AvgIpc) is 3.41. The lowest BCUT2D eigenvalue weighted by atomic mass is 9.83. The van der Waals surface area contributed by atoms with Crippen LogP contribution in [0.5, 0.6) is 0 Å². The van der Waals surface area contributed by atoms with Crippen LogP contribution in [0, 0.1) is 23.7 Å². The number of rotatable bonds is 13. The first kappa shape index (κ1) is 28.4. The van der Waals surface area contributed by atoms with E-state index in [1.807, 2.05) is 28.7 Å². The van der Waals surface area contributed by atoms with Gasteiger partial charge in [-0.25, -0.2) is 9.36 Å². The molecule has 0 saturated heterocycles. The van der Waals surface area contributed by atoms with Gasteiger partial charge in [0.1, 0.15) is 0 Å². The van der Waals surface area contributed by atoms with E-state index in [9.17, 15) is 0 Å². The van der Waals surface area contributed by atoms with E-state index in [1.54, 1.807) is 0 Å². The fraction of sp³-hybridized carbons (Fsp3) is 0.846. The van der Waals surface area contributed by atoms with Crippen LogP contribution in [0.25, 0.3) is 0 Å². The van der Waals surface area contributed by atoms with Crippen molar-refractivity contribution in [3.63, 3.8) is 0 Å². The Morgan fingerprint density at radius 3 is 1.79 bits per heavy atom. The van der Waals surface area contributed by atoms with Crippen molar-refractivity contribution < 1.29 is 9.47 Å². The molecule has 8 nitrogen and oxygen atoms in total.